The van der Waals surface area contributed by atoms with Gasteiger partial charge < -0.3 is 15.5 Å². The summed E-state index contributed by atoms with van der Waals surface area (Å²) in [4.78, 5) is 18.8. The topological polar surface area (TPSA) is 124 Å². The average molecular weight is 528 g/mol. The van der Waals surface area contributed by atoms with Crippen molar-refractivity contribution >= 4 is 33.6 Å². The van der Waals surface area contributed by atoms with E-state index in [1.54, 1.807) is 29.0 Å². The number of nitrogens with one attached hydrogen (secondary N) is 2. The number of fused-ring (bicyclic) bond motifs is 3. The molecule has 0 spiro atoms. The van der Waals surface area contributed by atoms with Gasteiger partial charge in [-0.1, -0.05) is 11.3 Å². The lowest BCUT2D eigenvalue weighted by atomic mass is 9.92. The summed E-state index contributed by atoms with van der Waals surface area (Å²) in [5.74, 6) is 0.938. The summed E-state index contributed by atoms with van der Waals surface area (Å²) in [6.45, 7) is 7.56. The molecule has 1 saturated carbocycles. The van der Waals surface area contributed by atoms with Crippen LogP contribution in [0.5, 0.6) is 0 Å². The van der Waals surface area contributed by atoms with Crippen molar-refractivity contribution in [1.82, 2.24) is 30.1 Å². The molecule has 1 saturated heterocycles. The molecule has 0 aromatic carbocycles. The first kappa shape index (κ1) is 24.3. The monoisotopic (exact) mass is 527 g/mol. The fourth-order valence-corrected chi connectivity index (χ4v) is 6.64. The lowest BCUT2D eigenvalue weighted by molar-refractivity contribution is -0.120. The first-order valence-corrected chi connectivity index (χ1v) is 13.7. The molecule has 1 aliphatic carbocycles. The molecule has 2 aliphatic rings. The molecule has 3 atom stereocenters. The summed E-state index contributed by atoms with van der Waals surface area (Å²) < 4.78 is 1.80. The first-order valence-electron chi connectivity index (χ1n) is 12.9. The molecule has 6 rings (SSSR count). The summed E-state index contributed by atoms with van der Waals surface area (Å²) in [5.41, 5.74) is 4.82. The van der Waals surface area contributed by atoms with Crippen LogP contribution in [0.25, 0.3) is 27.5 Å². The van der Waals surface area contributed by atoms with Crippen LogP contribution in [0.1, 0.15) is 39.2 Å². The zero-order valence-electron chi connectivity index (χ0n) is 21.5. The van der Waals surface area contributed by atoms with Gasteiger partial charge in [0.2, 0.25) is 11.0 Å². The molecule has 0 radical (unpaired) electrons. The largest absolute Gasteiger partial charge is 0.382 e. The van der Waals surface area contributed by atoms with Gasteiger partial charge in [0.05, 0.1) is 34.2 Å². The molecule has 11 heteroatoms. The van der Waals surface area contributed by atoms with Crippen LogP contribution in [0.4, 0.5) is 10.8 Å². The van der Waals surface area contributed by atoms with E-state index in [1.165, 1.54) is 0 Å². The lowest BCUT2D eigenvalue weighted by Crippen LogP contribution is -2.52. The Bertz CT molecular complexity index is 1540. The van der Waals surface area contributed by atoms with E-state index in [1.807, 2.05) is 30.5 Å². The van der Waals surface area contributed by atoms with Crippen LogP contribution in [0.3, 0.4) is 0 Å². The minimum atomic E-state index is 0.0514. The minimum Gasteiger partial charge on any atom is -0.382 e. The van der Waals surface area contributed by atoms with Gasteiger partial charge in [-0.15, -0.1) is 10.2 Å². The van der Waals surface area contributed by atoms with Crippen LogP contribution in [0.15, 0.2) is 36.7 Å². The van der Waals surface area contributed by atoms with E-state index in [0.29, 0.717) is 17.4 Å². The first-order chi connectivity index (χ1) is 18.4. The lowest BCUT2D eigenvalue weighted by Gasteiger charge is -2.37. The molecule has 1 aliphatic heterocycles. The van der Waals surface area contributed by atoms with Gasteiger partial charge in [-0.25, -0.2) is 4.52 Å². The van der Waals surface area contributed by atoms with E-state index in [2.05, 4.69) is 50.7 Å². The van der Waals surface area contributed by atoms with Gasteiger partial charge in [-0.2, -0.15) is 10.4 Å². The van der Waals surface area contributed by atoms with E-state index in [9.17, 15) is 10.1 Å². The third kappa shape index (κ3) is 4.45. The van der Waals surface area contributed by atoms with Crippen molar-refractivity contribution in [3.63, 3.8) is 0 Å². The molecule has 1 amide bonds. The molecule has 194 valence electrons. The highest BCUT2D eigenvalue weighted by Crippen LogP contribution is 2.41. The third-order valence-corrected chi connectivity index (χ3v) is 8.38. The van der Waals surface area contributed by atoms with Gasteiger partial charge in [-0.3, -0.25) is 9.78 Å². The normalized spacial score (nSPS) is 20.6. The number of carbonyl (C=O) groups is 1. The fourth-order valence-electron chi connectivity index (χ4n) is 5.75. The molecule has 4 aromatic rings. The van der Waals surface area contributed by atoms with E-state index in [0.717, 1.165) is 64.2 Å². The maximum Gasteiger partial charge on any atom is 0.217 e. The Balaban J connectivity index is 1.29. The second kappa shape index (κ2) is 9.68. The van der Waals surface area contributed by atoms with Crippen LogP contribution in [0.2, 0.25) is 0 Å². The molecular weight excluding hydrogens is 498 g/mol. The number of nitriles is 1. The van der Waals surface area contributed by atoms with Crippen molar-refractivity contribution in [3.8, 4) is 28.0 Å². The molecule has 10 nitrogen and oxygen atoms in total. The summed E-state index contributed by atoms with van der Waals surface area (Å²) in [6.07, 6.45) is 5.67. The molecule has 38 heavy (non-hydrogen) atoms. The Morgan fingerprint density at radius 2 is 1.95 bits per heavy atom. The highest BCUT2D eigenvalue weighted by Gasteiger charge is 2.43. The second-order valence-electron chi connectivity index (χ2n) is 10.4. The van der Waals surface area contributed by atoms with E-state index in [4.69, 9.17) is 4.98 Å². The number of amides is 1. The number of piperidine rings is 1. The van der Waals surface area contributed by atoms with Crippen molar-refractivity contribution in [2.45, 2.75) is 45.7 Å². The SMILES string of the molecule is CC(=O)N[C@H]1[C@@H]2CC[C@H]1CN(c1nnc(-c3cnc(-c4ccc5cc(C#N)cnn45)cc3NC(C)C)s1)C2. The predicted molar refractivity (Wildman–Crippen MR) is 147 cm³/mol. The van der Waals surface area contributed by atoms with Crippen molar-refractivity contribution in [2.75, 3.05) is 23.3 Å². The third-order valence-electron chi connectivity index (χ3n) is 7.36. The van der Waals surface area contributed by atoms with Crippen molar-refractivity contribution < 1.29 is 4.79 Å². The van der Waals surface area contributed by atoms with Crippen LogP contribution in [0, 0.1) is 23.2 Å². The number of nitrogens with zero attached hydrogens (tertiary/aromatic N) is 7. The van der Waals surface area contributed by atoms with E-state index < -0.39 is 0 Å². The average Bonchev–Trinajstić information content (AvgIpc) is 3.59. The van der Waals surface area contributed by atoms with E-state index >= 15 is 0 Å². The zero-order chi connectivity index (χ0) is 26.4. The Morgan fingerprint density at radius 3 is 2.66 bits per heavy atom. The smallest absolute Gasteiger partial charge is 0.217 e. The van der Waals surface area contributed by atoms with Crippen molar-refractivity contribution in [3.05, 3.63) is 42.2 Å². The van der Waals surface area contributed by atoms with Gasteiger partial charge in [0, 0.05) is 44.0 Å². The molecule has 0 unspecified atom stereocenters. The fraction of sp³-hybridized carbons (Fsp3) is 0.407. The Morgan fingerprint density at radius 1 is 1.16 bits per heavy atom. The molecule has 2 bridgehead atoms. The van der Waals surface area contributed by atoms with Gasteiger partial charge in [0.25, 0.3) is 0 Å². The molecule has 4 aromatic heterocycles. The van der Waals surface area contributed by atoms with Gasteiger partial charge >= 0.3 is 0 Å². The number of aromatic nitrogens is 5. The highest BCUT2D eigenvalue weighted by molar-refractivity contribution is 7.18. The quantitative estimate of drug-likeness (QED) is 0.386. The van der Waals surface area contributed by atoms with Crippen LogP contribution >= 0.6 is 11.3 Å². The second-order valence-corrected chi connectivity index (χ2v) is 11.4. The summed E-state index contributed by atoms with van der Waals surface area (Å²) in [5, 5.41) is 31.2. The maximum absolute atomic E-state index is 11.7. The van der Waals surface area contributed by atoms with Crippen LogP contribution in [-0.2, 0) is 4.79 Å². The standard InChI is InChI=1S/C27H29N9OS/c1-15(2)31-22-9-23(24-7-6-20-8-17(10-28)11-30-36(20)24)29-12-21(22)26-33-34-27(38-26)35-13-18-4-5-19(14-35)25(18)32-16(3)37/h6-9,11-12,15,18-19,25H,4-5,13-14H2,1-3H3,(H,29,31)(H,32,37)/t18-,19+,25+. The summed E-state index contributed by atoms with van der Waals surface area (Å²) >= 11 is 1.58. The molecular formula is C27H29N9OS. The van der Waals surface area contributed by atoms with Crippen LogP contribution < -0.4 is 15.5 Å². The minimum absolute atomic E-state index is 0.0514. The Labute approximate surface area is 224 Å². The molecule has 2 N–H and O–H groups in total. The number of rotatable bonds is 6. The molecule has 2 fully saturated rings. The van der Waals surface area contributed by atoms with Gasteiger partial charge in [0.1, 0.15) is 6.07 Å². The van der Waals surface area contributed by atoms with Gasteiger partial charge in [0.15, 0.2) is 5.01 Å². The van der Waals surface area contributed by atoms with Gasteiger partial charge in [-0.05, 0) is 62.8 Å². The van der Waals surface area contributed by atoms with E-state index in [-0.39, 0.29) is 18.0 Å². The number of carbonyl (C=O) groups excluding carboxylic acids is 1. The predicted octanol–water partition coefficient (Wildman–Crippen LogP) is 3.96. The maximum atomic E-state index is 11.7. The summed E-state index contributed by atoms with van der Waals surface area (Å²) in [7, 11) is 0. The number of hydrogen-bond acceptors (Lipinski definition) is 9. The van der Waals surface area contributed by atoms with Crippen molar-refractivity contribution in [2.24, 2.45) is 11.8 Å². The summed E-state index contributed by atoms with van der Waals surface area (Å²) in [6, 6.07) is 10.3. The Kier molecular flexibility index (Phi) is 6.19. The molecule has 5 heterocycles. The van der Waals surface area contributed by atoms with Crippen molar-refractivity contribution in [1.29, 1.82) is 5.26 Å². The number of anilines is 2. The zero-order valence-corrected chi connectivity index (χ0v) is 22.4. The number of pyridine rings is 1. The van der Waals surface area contributed by atoms with Crippen LogP contribution in [-0.4, -0.2) is 55.9 Å². The number of hydrogen-bond donors (Lipinski definition) is 2. The highest BCUT2D eigenvalue weighted by atomic mass is 32.1. The Hall–Kier alpha value is -4.04.